The number of likely N-dealkylation sites (tertiary alicyclic amines) is 1. The van der Waals surface area contributed by atoms with Gasteiger partial charge < -0.3 is 15.1 Å². The third-order valence-electron chi connectivity index (χ3n) is 8.02. The molecule has 0 unspecified atom stereocenters. The molecule has 8 heteroatoms. The summed E-state index contributed by atoms with van der Waals surface area (Å²) >= 11 is 0. The van der Waals surface area contributed by atoms with E-state index in [2.05, 4.69) is 31.4 Å². The number of aromatic nitrogens is 4. The molecule has 2 aliphatic heterocycles. The first-order valence-electron chi connectivity index (χ1n) is 13.0. The largest absolute Gasteiger partial charge is 0.341 e. The Labute approximate surface area is 195 Å². The van der Waals surface area contributed by atoms with Crippen molar-refractivity contribution < 1.29 is 4.79 Å². The minimum absolute atomic E-state index is 0.130. The highest BCUT2D eigenvalue weighted by Crippen LogP contribution is 2.36. The second kappa shape index (κ2) is 8.95. The maximum Gasteiger partial charge on any atom is 0.245 e. The zero-order chi connectivity index (χ0) is 22.2. The lowest BCUT2D eigenvalue weighted by Gasteiger charge is -2.32. The normalized spacial score (nSPS) is 23.3. The number of hydrogen-bond donors (Lipinski definition) is 2. The Kier molecular flexibility index (Phi) is 5.68. The number of amides is 1. The van der Waals surface area contributed by atoms with E-state index in [1.54, 1.807) is 0 Å². The molecule has 4 heterocycles. The average Bonchev–Trinajstić information content (AvgIpc) is 3.65. The highest BCUT2D eigenvalue weighted by atomic mass is 16.2. The Morgan fingerprint density at radius 1 is 0.939 bits per heavy atom. The van der Waals surface area contributed by atoms with Gasteiger partial charge in [-0.1, -0.05) is 12.8 Å². The molecule has 2 saturated heterocycles. The van der Waals surface area contributed by atoms with E-state index in [1.807, 2.05) is 0 Å². The molecule has 2 aromatic heterocycles. The van der Waals surface area contributed by atoms with Gasteiger partial charge in [-0.25, -0.2) is 4.98 Å². The predicted octanol–water partition coefficient (Wildman–Crippen LogP) is 4.07. The minimum Gasteiger partial charge on any atom is -0.341 e. The van der Waals surface area contributed by atoms with Gasteiger partial charge in [0.1, 0.15) is 11.9 Å². The fourth-order valence-electron chi connectivity index (χ4n) is 6.21. The summed E-state index contributed by atoms with van der Waals surface area (Å²) in [6, 6.07) is 2.02. The van der Waals surface area contributed by atoms with Gasteiger partial charge in [-0.2, -0.15) is 10.1 Å². The number of carbonyl (C=O) groups is 1. The molecule has 2 N–H and O–H groups in total. The third kappa shape index (κ3) is 4.08. The highest BCUT2D eigenvalue weighted by Gasteiger charge is 2.36. The van der Waals surface area contributed by atoms with Crippen LogP contribution in [0.2, 0.25) is 0 Å². The summed E-state index contributed by atoms with van der Waals surface area (Å²) in [5, 5.41) is 11.3. The van der Waals surface area contributed by atoms with Gasteiger partial charge in [-0.3, -0.25) is 9.89 Å². The summed E-state index contributed by atoms with van der Waals surface area (Å²) in [6.45, 7) is 2.63. The number of aromatic amines is 1. The maximum absolute atomic E-state index is 13.3. The van der Waals surface area contributed by atoms with Crippen LogP contribution in [0.5, 0.6) is 0 Å². The first kappa shape index (κ1) is 20.9. The summed E-state index contributed by atoms with van der Waals surface area (Å²) in [6.07, 6.45) is 13.6. The molecule has 1 amide bonds. The number of rotatable bonds is 5. The number of fused-ring (bicyclic) bond motifs is 1. The quantitative estimate of drug-likeness (QED) is 0.715. The fourth-order valence-corrected chi connectivity index (χ4v) is 6.21. The van der Waals surface area contributed by atoms with Crippen LogP contribution in [0.3, 0.4) is 0 Å². The van der Waals surface area contributed by atoms with Crippen LogP contribution in [-0.2, 0) is 17.6 Å². The summed E-state index contributed by atoms with van der Waals surface area (Å²) in [5.41, 5.74) is 3.57. The molecular weight excluding hydrogens is 414 g/mol. The molecular formula is C25H35N7O. The molecule has 0 bridgehead atoms. The van der Waals surface area contributed by atoms with Crippen molar-refractivity contribution in [3.05, 3.63) is 23.0 Å². The van der Waals surface area contributed by atoms with E-state index in [0.717, 1.165) is 81.9 Å². The van der Waals surface area contributed by atoms with Gasteiger partial charge in [0, 0.05) is 42.9 Å². The van der Waals surface area contributed by atoms with Crippen LogP contribution in [-0.4, -0.2) is 56.6 Å². The molecule has 0 radical (unpaired) electrons. The molecule has 2 aromatic rings. The first-order chi connectivity index (χ1) is 16.3. The Hall–Kier alpha value is -2.64. The van der Waals surface area contributed by atoms with Crippen molar-refractivity contribution in [1.29, 1.82) is 0 Å². The average molecular weight is 450 g/mol. The minimum atomic E-state index is -0.130. The fraction of sp³-hybridized carbons (Fsp3) is 0.680. The molecule has 3 fully saturated rings. The van der Waals surface area contributed by atoms with Crippen molar-refractivity contribution in [2.45, 2.75) is 89.0 Å². The molecule has 0 spiro atoms. The van der Waals surface area contributed by atoms with E-state index < -0.39 is 0 Å². The van der Waals surface area contributed by atoms with Crippen LogP contribution in [0.1, 0.15) is 87.1 Å². The van der Waals surface area contributed by atoms with Gasteiger partial charge in [0.25, 0.3) is 0 Å². The standard InChI is InChI=1S/C25H35N7O/c33-24(31-13-4-1-5-14-31)21-12-7-15-32(21)25-26-19-11-6-10-18(19)23(28-25)27-22-16-20(29-30-22)17-8-2-3-9-17/h16-17,21H,1-15H2,(H2,26,27,28,29,30)/t21-/m1/s1. The summed E-state index contributed by atoms with van der Waals surface area (Å²) in [5.74, 6) is 3.27. The SMILES string of the molecule is O=C([C@H]1CCCN1c1nc2c(c(Nc3cc(C4CCCC4)[nH]n3)n1)CCC2)N1CCCCC1. The first-order valence-corrected chi connectivity index (χ1v) is 13.0. The number of nitrogens with one attached hydrogen (secondary N) is 2. The number of nitrogens with zero attached hydrogens (tertiary/aromatic N) is 5. The van der Waals surface area contributed by atoms with Gasteiger partial charge in [-0.05, 0) is 64.2 Å². The molecule has 2 aliphatic carbocycles. The summed E-state index contributed by atoms with van der Waals surface area (Å²) in [7, 11) is 0. The monoisotopic (exact) mass is 449 g/mol. The topological polar surface area (TPSA) is 90.0 Å². The Morgan fingerprint density at radius 2 is 1.79 bits per heavy atom. The van der Waals surface area contributed by atoms with Crippen LogP contribution in [0.4, 0.5) is 17.6 Å². The lowest BCUT2D eigenvalue weighted by molar-refractivity contribution is -0.133. The van der Waals surface area contributed by atoms with Crippen molar-refractivity contribution in [2.24, 2.45) is 0 Å². The van der Waals surface area contributed by atoms with Crippen molar-refractivity contribution in [1.82, 2.24) is 25.1 Å². The van der Waals surface area contributed by atoms with Gasteiger partial charge >= 0.3 is 0 Å². The van der Waals surface area contributed by atoms with Crippen LogP contribution < -0.4 is 10.2 Å². The Morgan fingerprint density at radius 3 is 2.64 bits per heavy atom. The van der Waals surface area contributed by atoms with Gasteiger partial charge in [0.2, 0.25) is 11.9 Å². The smallest absolute Gasteiger partial charge is 0.245 e. The maximum atomic E-state index is 13.3. The molecule has 4 aliphatic rings. The number of piperidine rings is 1. The van der Waals surface area contributed by atoms with E-state index in [4.69, 9.17) is 9.97 Å². The number of H-pyrrole nitrogens is 1. The van der Waals surface area contributed by atoms with E-state index in [0.29, 0.717) is 11.9 Å². The van der Waals surface area contributed by atoms with Crippen molar-refractivity contribution in [2.75, 3.05) is 29.9 Å². The van der Waals surface area contributed by atoms with Gasteiger partial charge in [0.05, 0.1) is 5.69 Å². The van der Waals surface area contributed by atoms with E-state index >= 15 is 0 Å². The second-order valence-corrected chi connectivity index (χ2v) is 10.2. The molecule has 176 valence electrons. The molecule has 6 rings (SSSR count). The van der Waals surface area contributed by atoms with E-state index in [1.165, 1.54) is 43.4 Å². The lowest BCUT2D eigenvalue weighted by atomic mass is 10.0. The molecule has 8 nitrogen and oxygen atoms in total. The zero-order valence-electron chi connectivity index (χ0n) is 19.5. The van der Waals surface area contributed by atoms with Crippen LogP contribution in [0.25, 0.3) is 0 Å². The second-order valence-electron chi connectivity index (χ2n) is 10.2. The van der Waals surface area contributed by atoms with Crippen LogP contribution >= 0.6 is 0 Å². The highest BCUT2D eigenvalue weighted by molar-refractivity contribution is 5.85. The predicted molar refractivity (Wildman–Crippen MR) is 128 cm³/mol. The summed E-state index contributed by atoms with van der Waals surface area (Å²) in [4.78, 5) is 27.5. The lowest BCUT2D eigenvalue weighted by Crippen LogP contribution is -2.48. The molecule has 1 atom stereocenters. The number of carbonyl (C=O) groups excluding carboxylic acids is 1. The van der Waals surface area contributed by atoms with Crippen LogP contribution in [0, 0.1) is 0 Å². The molecule has 1 saturated carbocycles. The number of aryl methyl sites for hydroxylation is 1. The van der Waals surface area contributed by atoms with Crippen LogP contribution in [0.15, 0.2) is 6.07 Å². The number of anilines is 3. The number of hydrogen-bond acceptors (Lipinski definition) is 6. The summed E-state index contributed by atoms with van der Waals surface area (Å²) < 4.78 is 0. The van der Waals surface area contributed by atoms with Crippen molar-refractivity contribution in [3.8, 4) is 0 Å². The molecule has 0 aromatic carbocycles. The molecule has 33 heavy (non-hydrogen) atoms. The third-order valence-corrected chi connectivity index (χ3v) is 8.02. The van der Waals surface area contributed by atoms with Crippen molar-refractivity contribution in [3.63, 3.8) is 0 Å². The van der Waals surface area contributed by atoms with Gasteiger partial charge in [-0.15, -0.1) is 0 Å². The van der Waals surface area contributed by atoms with Gasteiger partial charge in [0.15, 0.2) is 5.82 Å². The Balaban J connectivity index is 1.25. The van der Waals surface area contributed by atoms with E-state index in [9.17, 15) is 4.79 Å². The zero-order valence-corrected chi connectivity index (χ0v) is 19.5. The van der Waals surface area contributed by atoms with E-state index in [-0.39, 0.29) is 11.9 Å². The van der Waals surface area contributed by atoms with Crippen molar-refractivity contribution >= 4 is 23.5 Å². The Bertz CT molecular complexity index is 1010.